The van der Waals surface area contributed by atoms with E-state index >= 15 is 0 Å². The maximum atomic E-state index is 8.87. The number of para-hydroxylation sites is 1. The van der Waals surface area contributed by atoms with Crippen LogP contribution in [-0.4, -0.2) is 42.4 Å². The van der Waals surface area contributed by atoms with Gasteiger partial charge in [0.05, 0.1) is 6.04 Å². The molecule has 0 aliphatic rings. The average Bonchev–Trinajstić information content (AvgIpc) is 3.23. The molecule has 3 rings (SSSR count). The van der Waals surface area contributed by atoms with Crippen LogP contribution in [0.1, 0.15) is 36.7 Å². The lowest BCUT2D eigenvalue weighted by Gasteiger charge is -2.11. The second-order valence-electron chi connectivity index (χ2n) is 6.24. The number of unbranched alkanes of at least 4 members (excludes halogenated alkanes) is 1. The predicted octanol–water partition coefficient (Wildman–Crippen LogP) is 1.46. The van der Waals surface area contributed by atoms with Gasteiger partial charge in [0.15, 0.2) is 5.82 Å². The number of H-pyrrole nitrogens is 1. The lowest BCUT2D eigenvalue weighted by atomic mass is 9.83. The van der Waals surface area contributed by atoms with Gasteiger partial charge in [-0.1, -0.05) is 31.0 Å². The van der Waals surface area contributed by atoms with Crippen molar-refractivity contribution in [1.29, 1.82) is 0 Å². The largest absolute Gasteiger partial charge is 0.451 e. The highest BCUT2D eigenvalue weighted by atomic mass is 35.5. The Morgan fingerprint density at radius 2 is 2.04 bits per heavy atom. The van der Waals surface area contributed by atoms with E-state index < -0.39 is 7.12 Å². The van der Waals surface area contributed by atoms with Crippen molar-refractivity contribution in [2.75, 3.05) is 0 Å². The summed E-state index contributed by atoms with van der Waals surface area (Å²) in [7, 11) is -1.25. The fourth-order valence-corrected chi connectivity index (χ4v) is 3.02. The SMILES string of the molecule is Cl.NC(CCCCB(O)O)c1nnnn1CCc1c[nH]c2ccccc12. The van der Waals surface area contributed by atoms with Crippen LogP contribution < -0.4 is 5.73 Å². The van der Waals surface area contributed by atoms with Crippen molar-refractivity contribution in [3.8, 4) is 0 Å². The molecule has 140 valence electrons. The van der Waals surface area contributed by atoms with Gasteiger partial charge in [-0.3, -0.25) is 0 Å². The number of halogens is 1. The van der Waals surface area contributed by atoms with Crippen molar-refractivity contribution in [2.45, 2.75) is 44.6 Å². The van der Waals surface area contributed by atoms with Gasteiger partial charge >= 0.3 is 7.12 Å². The number of rotatable bonds is 9. The molecule has 26 heavy (non-hydrogen) atoms. The Hall–Kier alpha value is -1.94. The van der Waals surface area contributed by atoms with Crippen LogP contribution in [0.3, 0.4) is 0 Å². The second-order valence-corrected chi connectivity index (χ2v) is 6.24. The number of fused-ring (bicyclic) bond motifs is 1. The number of hydrogen-bond donors (Lipinski definition) is 4. The maximum absolute atomic E-state index is 8.87. The monoisotopic (exact) mass is 378 g/mol. The van der Waals surface area contributed by atoms with Crippen molar-refractivity contribution in [3.05, 3.63) is 41.9 Å². The highest BCUT2D eigenvalue weighted by Gasteiger charge is 2.16. The highest BCUT2D eigenvalue weighted by Crippen LogP contribution is 2.19. The number of aryl methyl sites for hydroxylation is 2. The van der Waals surface area contributed by atoms with Crippen LogP contribution in [-0.2, 0) is 13.0 Å². The Bertz CT molecular complexity index is 809. The summed E-state index contributed by atoms with van der Waals surface area (Å²) >= 11 is 0. The fourth-order valence-electron chi connectivity index (χ4n) is 3.02. The van der Waals surface area contributed by atoms with Gasteiger partial charge in [-0.2, -0.15) is 0 Å². The van der Waals surface area contributed by atoms with E-state index in [2.05, 4.69) is 32.6 Å². The third kappa shape index (κ3) is 5.04. The fraction of sp³-hybridized carbons (Fsp3) is 0.438. The molecular formula is C16H24BClN6O2. The standard InChI is InChI=1S/C16H23BN6O2.ClH/c18-14(6-3-4-9-17(24)25)16-20-21-22-23(16)10-8-12-11-19-15-7-2-1-5-13(12)15;/h1-2,5,7,11,14,19,24-25H,3-4,6,8-10,18H2;1H. The lowest BCUT2D eigenvalue weighted by molar-refractivity contribution is 0.400. The summed E-state index contributed by atoms with van der Waals surface area (Å²) in [4.78, 5) is 3.27. The Balaban J connectivity index is 0.00000243. The molecule has 2 aromatic heterocycles. The zero-order valence-corrected chi connectivity index (χ0v) is 15.3. The number of aromatic nitrogens is 5. The molecule has 1 atom stereocenters. The van der Waals surface area contributed by atoms with E-state index in [1.807, 2.05) is 18.3 Å². The molecule has 0 aliphatic carbocycles. The minimum absolute atomic E-state index is 0. The summed E-state index contributed by atoms with van der Waals surface area (Å²) in [6.45, 7) is 0.660. The van der Waals surface area contributed by atoms with E-state index in [0.717, 1.165) is 18.4 Å². The first kappa shape index (κ1) is 20.4. The molecule has 1 aromatic carbocycles. The van der Waals surface area contributed by atoms with E-state index in [0.29, 0.717) is 31.5 Å². The Morgan fingerprint density at radius 3 is 2.85 bits per heavy atom. The van der Waals surface area contributed by atoms with Gasteiger partial charge in [0, 0.05) is 23.6 Å². The predicted molar refractivity (Wildman–Crippen MR) is 103 cm³/mol. The normalized spacial score (nSPS) is 12.1. The number of aromatic amines is 1. The minimum Gasteiger partial charge on any atom is -0.427 e. The van der Waals surface area contributed by atoms with Crippen molar-refractivity contribution in [2.24, 2.45) is 5.73 Å². The molecule has 0 saturated heterocycles. The first-order valence-corrected chi connectivity index (χ1v) is 8.58. The van der Waals surface area contributed by atoms with Crippen LogP contribution in [0, 0.1) is 0 Å². The van der Waals surface area contributed by atoms with Gasteiger partial charge in [0.2, 0.25) is 0 Å². The highest BCUT2D eigenvalue weighted by molar-refractivity contribution is 6.40. The Morgan fingerprint density at radius 1 is 1.23 bits per heavy atom. The molecule has 0 amide bonds. The van der Waals surface area contributed by atoms with E-state index in [4.69, 9.17) is 15.8 Å². The van der Waals surface area contributed by atoms with Crippen LogP contribution in [0.25, 0.3) is 10.9 Å². The molecule has 5 N–H and O–H groups in total. The van der Waals surface area contributed by atoms with Gasteiger partial charge in [0.25, 0.3) is 0 Å². The third-order valence-corrected chi connectivity index (χ3v) is 4.39. The van der Waals surface area contributed by atoms with Gasteiger partial charge in [-0.15, -0.1) is 17.5 Å². The van der Waals surface area contributed by atoms with Gasteiger partial charge in [0.1, 0.15) is 0 Å². The molecule has 0 bridgehead atoms. The summed E-state index contributed by atoms with van der Waals surface area (Å²) in [6.07, 6.45) is 5.41. The number of tetrazole rings is 1. The van der Waals surface area contributed by atoms with E-state index in [1.165, 1.54) is 10.9 Å². The average molecular weight is 379 g/mol. The lowest BCUT2D eigenvalue weighted by Crippen LogP contribution is -2.18. The zero-order chi connectivity index (χ0) is 17.6. The summed E-state index contributed by atoms with van der Waals surface area (Å²) in [5, 5.41) is 30.8. The minimum atomic E-state index is -1.25. The zero-order valence-electron chi connectivity index (χ0n) is 14.5. The number of nitrogens with two attached hydrogens (primary N) is 1. The first-order valence-electron chi connectivity index (χ1n) is 8.58. The molecule has 0 fully saturated rings. The number of nitrogens with zero attached hydrogens (tertiary/aromatic N) is 4. The Labute approximate surface area is 158 Å². The maximum Gasteiger partial charge on any atom is 0.451 e. The molecule has 0 saturated carbocycles. The van der Waals surface area contributed by atoms with Gasteiger partial charge in [-0.05, 0) is 41.2 Å². The summed E-state index contributed by atoms with van der Waals surface area (Å²) in [5.74, 6) is 0.671. The van der Waals surface area contributed by atoms with Crippen LogP contribution in [0.15, 0.2) is 30.5 Å². The third-order valence-electron chi connectivity index (χ3n) is 4.39. The van der Waals surface area contributed by atoms with Crippen LogP contribution in [0.5, 0.6) is 0 Å². The van der Waals surface area contributed by atoms with Crippen molar-refractivity contribution >= 4 is 30.4 Å². The van der Waals surface area contributed by atoms with Crippen LogP contribution >= 0.6 is 12.4 Å². The first-order chi connectivity index (χ1) is 12.1. The summed E-state index contributed by atoms with van der Waals surface area (Å²) in [5.41, 5.74) is 8.55. The van der Waals surface area contributed by atoms with E-state index in [1.54, 1.807) is 4.68 Å². The number of hydrogen-bond acceptors (Lipinski definition) is 6. The summed E-state index contributed by atoms with van der Waals surface area (Å²) in [6, 6.07) is 7.94. The molecule has 10 heteroatoms. The molecule has 2 heterocycles. The van der Waals surface area contributed by atoms with Crippen LogP contribution in [0.2, 0.25) is 6.32 Å². The topological polar surface area (TPSA) is 126 Å². The molecular weight excluding hydrogens is 354 g/mol. The van der Waals surface area contributed by atoms with Gasteiger partial charge in [-0.25, -0.2) is 4.68 Å². The molecule has 0 spiro atoms. The van der Waals surface area contributed by atoms with Crippen molar-refractivity contribution in [3.63, 3.8) is 0 Å². The molecule has 0 aliphatic heterocycles. The quantitative estimate of drug-likeness (QED) is 0.330. The summed E-state index contributed by atoms with van der Waals surface area (Å²) < 4.78 is 1.76. The molecule has 1 unspecified atom stereocenters. The van der Waals surface area contributed by atoms with Crippen LogP contribution in [0.4, 0.5) is 0 Å². The van der Waals surface area contributed by atoms with Crippen molar-refractivity contribution < 1.29 is 10.0 Å². The van der Waals surface area contributed by atoms with E-state index in [-0.39, 0.29) is 18.4 Å². The number of benzene rings is 1. The molecule has 8 nitrogen and oxygen atoms in total. The Kier molecular flexibility index (Phi) is 7.58. The smallest absolute Gasteiger partial charge is 0.427 e. The number of nitrogens with one attached hydrogen (secondary N) is 1. The van der Waals surface area contributed by atoms with Crippen molar-refractivity contribution in [1.82, 2.24) is 25.2 Å². The molecule has 3 aromatic rings. The van der Waals surface area contributed by atoms with E-state index in [9.17, 15) is 0 Å². The van der Waals surface area contributed by atoms with Gasteiger partial charge < -0.3 is 20.8 Å². The second kappa shape index (κ2) is 9.68. The molecule has 0 radical (unpaired) electrons.